The van der Waals surface area contributed by atoms with E-state index >= 15 is 0 Å². The van der Waals surface area contributed by atoms with Gasteiger partial charge in [-0.15, -0.1) is 0 Å². The highest BCUT2D eigenvalue weighted by Gasteiger charge is 2.16. The molecule has 92 valence electrons. The number of halogens is 2. The van der Waals surface area contributed by atoms with Crippen LogP contribution in [0, 0.1) is 10.1 Å². The zero-order valence-corrected chi connectivity index (χ0v) is 11.1. The Morgan fingerprint density at radius 1 is 1.33 bits per heavy atom. The van der Waals surface area contributed by atoms with Gasteiger partial charge in [-0.05, 0) is 28.1 Å². The first-order valence-corrected chi connectivity index (χ1v) is 5.82. The van der Waals surface area contributed by atoms with E-state index in [0.29, 0.717) is 4.60 Å². The van der Waals surface area contributed by atoms with Crippen molar-refractivity contribution >= 4 is 33.2 Å². The molecule has 0 fully saturated rings. The van der Waals surface area contributed by atoms with Crippen LogP contribution < -0.4 is 4.74 Å². The Bertz CT molecular complexity index is 609. The minimum absolute atomic E-state index is 0.0648. The van der Waals surface area contributed by atoms with Crippen molar-refractivity contribution in [2.24, 2.45) is 0 Å². The first kappa shape index (κ1) is 12.7. The maximum atomic E-state index is 10.9. The summed E-state index contributed by atoms with van der Waals surface area (Å²) in [5, 5.41) is 11.1. The molecule has 0 saturated heterocycles. The highest BCUT2D eigenvalue weighted by Crippen LogP contribution is 2.33. The van der Waals surface area contributed by atoms with Crippen molar-refractivity contribution in [3.63, 3.8) is 0 Å². The number of nitro benzene ring substituents is 1. The van der Waals surface area contributed by atoms with Crippen molar-refractivity contribution < 1.29 is 9.66 Å². The Balaban J connectivity index is 2.37. The normalized spacial score (nSPS) is 10.1. The summed E-state index contributed by atoms with van der Waals surface area (Å²) in [6.45, 7) is 0. The van der Waals surface area contributed by atoms with Gasteiger partial charge in [-0.1, -0.05) is 11.6 Å². The minimum Gasteiger partial charge on any atom is -0.432 e. The molecule has 0 aliphatic carbocycles. The number of nitrogens with zero attached hydrogens (tertiary/aromatic N) is 3. The van der Waals surface area contributed by atoms with E-state index in [9.17, 15) is 10.1 Å². The molecule has 0 radical (unpaired) electrons. The summed E-state index contributed by atoms with van der Waals surface area (Å²) >= 11 is 8.84. The van der Waals surface area contributed by atoms with E-state index in [0.717, 1.165) is 0 Å². The van der Waals surface area contributed by atoms with Crippen LogP contribution in [0.15, 0.2) is 35.2 Å². The molecule has 0 saturated carbocycles. The van der Waals surface area contributed by atoms with Gasteiger partial charge in [-0.3, -0.25) is 10.1 Å². The molecule has 18 heavy (non-hydrogen) atoms. The molecule has 1 aromatic heterocycles. The summed E-state index contributed by atoms with van der Waals surface area (Å²) in [6.07, 6.45) is 1.28. The molecule has 1 heterocycles. The molecule has 6 nitrogen and oxygen atoms in total. The second kappa shape index (κ2) is 5.28. The van der Waals surface area contributed by atoms with E-state index in [2.05, 4.69) is 25.9 Å². The summed E-state index contributed by atoms with van der Waals surface area (Å²) < 4.78 is 5.84. The summed E-state index contributed by atoms with van der Waals surface area (Å²) in [5.41, 5.74) is -0.225. The Morgan fingerprint density at radius 3 is 2.78 bits per heavy atom. The Hall–Kier alpha value is -1.73. The molecule has 0 atom stereocenters. The minimum atomic E-state index is -0.572. The van der Waals surface area contributed by atoms with Gasteiger partial charge in [0, 0.05) is 17.2 Å². The maximum Gasteiger partial charge on any atom is 0.313 e. The zero-order valence-electron chi connectivity index (χ0n) is 8.71. The van der Waals surface area contributed by atoms with Gasteiger partial charge in [0.05, 0.1) is 4.92 Å². The van der Waals surface area contributed by atoms with Crippen molar-refractivity contribution in [1.29, 1.82) is 0 Å². The molecule has 0 spiro atoms. The monoisotopic (exact) mass is 329 g/mol. The lowest BCUT2D eigenvalue weighted by Crippen LogP contribution is -1.95. The Labute approximate surface area is 115 Å². The maximum absolute atomic E-state index is 10.9. The zero-order chi connectivity index (χ0) is 13.1. The molecule has 1 aromatic carbocycles. The molecule has 0 amide bonds. The van der Waals surface area contributed by atoms with Gasteiger partial charge in [-0.25, -0.2) is 9.97 Å². The van der Waals surface area contributed by atoms with Crippen molar-refractivity contribution in [1.82, 2.24) is 9.97 Å². The van der Waals surface area contributed by atoms with Gasteiger partial charge in [-0.2, -0.15) is 0 Å². The average molecular weight is 331 g/mol. The van der Waals surface area contributed by atoms with Crippen LogP contribution in [0.3, 0.4) is 0 Å². The van der Waals surface area contributed by atoms with E-state index in [-0.39, 0.29) is 22.3 Å². The van der Waals surface area contributed by atoms with Gasteiger partial charge in [0.15, 0.2) is 0 Å². The van der Waals surface area contributed by atoms with Gasteiger partial charge in [0.1, 0.15) is 10.9 Å². The molecule has 2 rings (SSSR count). The summed E-state index contributed by atoms with van der Waals surface area (Å²) in [6, 6.07) is 5.63. The highest BCUT2D eigenvalue weighted by molar-refractivity contribution is 9.10. The highest BCUT2D eigenvalue weighted by atomic mass is 79.9. The third kappa shape index (κ3) is 2.93. The molecule has 0 bridgehead atoms. The lowest BCUT2D eigenvalue weighted by atomic mass is 10.3. The third-order valence-corrected chi connectivity index (χ3v) is 2.61. The lowest BCUT2D eigenvalue weighted by Gasteiger charge is -2.05. The van der Waals surface area contributed by atoms with Crippen molar-refractivity contribution in [3.8, 4) is 11.6 Å². The fourth-order valence-electron chi connectivity index (χ4n) is 1.21. The number of ether oxygens (including phenoxy) is 1. The fourth-order valence-corrected chi connectivity index (χ4v) is 1.66. The molecule has 0 unspecified atom stereocenters. The SMILES string of the molecule is O=[N+]([O-])c1cc(Cl)ccc1Oc1cc(Br)ncn1. The van der Waals surface area contributed by atoms with Crippen molar-refractivity contribution in [2.45, 2.75) is 0 Å². The van der Waals surface area contributed by atoms with Crippen LogP contribution in [-0.2, 0) is 0 Å². The molecule has 0 N–H and O–H groups in total. The van der Waals surface area contributed by atoms with E-state index < -0.39 is 4.92 Å². The largest absolute Gasteiger partial charge is 0.432 e. The first-order chi connectivity index (χ1) is 8.56. The second-order valence-corrected chi connectivity index (χ2v) is 4.40. The van der Waals surface area contributed by atoms with Crippen LogP contribution in [0.1, 0.15) is 0 Å². The van der Waals surface area contributed by atoms with Gasteiger partial charge < -0.3 is 4.74 Å². The predicted octanol–water partition coefficient (Wildman–Crippen LogP) is 3.59. The molecule has 0 aliphatic heterocycles. The average Bonchev–Trinajstić information content (AvgIpc) is 2.31. The van der Waals surface area contributed by atoms with Crippen molar-refractivity contribution in [2.75, 3.05) is 0 Å². The van der Waals surface area contributed by atoms with E-state index in [1.807, 2.05) is 0 Å². The summed E-state index contributed by atoms with van der Waals surface area (Å²) in [4.78, 5) is 17.9. The van der Waals surface area contributed by atoms with Crippen LogP contribution in [0.5, 0.6) is 11.6 Å². The molecular formula is C10H5BrClN3O3. The molecule has 8 heteroatoms. The number of benzene rings is 1. The lowest BCUT2D eigenvalue weighted by molar-refractivity contribution is -0.385. The Morgan fingerprint density at radius 2 is 2.11 bits per heavy atom. The predicted molar refractivity (Wildman–Crippen MR) is 67.9 cm³/mol. The number of rotatable bonds is 3. The number of hydrogen-bond acceptors (Lipinski definition) is 5. The third-order valence-electron chi connectivity index (χ3n) is 1.94. The molecule has 2 aromatic rings. The first-order valence-electron chi connectivity index (χ1n) is 4.65. The smallest absolute Gasteiger partial charge is 0.313 e. The van der Waals surface area contributed by atoms with Crippen LogP contribution in [0.2, 0.25) is 5.02 Å². The molecule has 0 aliphatic rings. The van der Waals surface area contributed by atoms with E-state index in [1.165, 1.54) is 30.6 Å². The fraction of sp³-hybridized carbons (Fsp3) is 0. The number of hydrogen-bond donors (Lipinski definition) is 0. The van der Waals surface area contributed by atoms with E-state index in [4.69, 9.17) is 16.3 Å². The van der Waals surface area contributed by atoms with Crippen LogP contribution in [0.4, 0.5) is 5.69 Å². The van der Waals surface area contributed by atoms with Crippen molar-refractivity contribution in [3.05, 3.63) is 50.3 Å². The Kier molecular flexibility index (Phi) is 3.73. The molecular weight excluding hydrogens is 325 g/mol. The topological polar surface area (TPSA) is 78.2 Å². The van der Waals surface area contributed by atoms with Gasteiger partial charge in [0.25, 0.3) is 0 Å². The van der Waals surface area contributed by atoms with Crippen LogP contribution in [-0.4, -0.2) is 14.9 Å². The standard InChI is InChI=1S/C10H5BrClN3O3/c11-9-4-10(14-5-13-9)18-8-2-1-6(12)3-7(8)15(16)17/h1-5H. The van der Waals surface area contributed by atoms with E-state index in [1.54, 1.807) is 0 Å². The van der Waals surface area contributed by atoms with Crippen LogP contribution in [0.25, 0.3) is 0 Å². The number of aromatic nitrogens is 2. The summed E-state index contributed by atoms with van der Waals surface area (Å²) in [7, 11) is 0. The van der Waals surface area contributed by atoms with Crippen LogP contribution >= 0.6 is 27.5 Å². The second-order valence-electron chi connectivity index (χ2n) is 3.15. The summed E-state index contributed by atoms with van der Waals surface area (Å²) in [5.74, 6) is 0.261. The quantitative estimate of drug-likeness (QED) is 0.488. The van der Waals surface area contributed by atoms with Gasteiger partial charge >= 0.3 is 5.69 Å². The number of nitro groups is 1. The van der Waals surface area contributed by atoms with Gasteiger partial charge in [0.2, 0.25) is 11.6 Å².